The number of ether oxygens (including phenoxy) is 1. The Morgan fingerprint density at radius 1 is 1.58 bits per heavy atom. The summed E-state index contributed by atoms with van der Waals surface area (Å²) < 4.78 is 32.8. The quantitative estimate of drug-likeness (QED) is 0.799. The zero-order valence-electron chi connectivity index (χ0n) is 10.4. The van der Waals surface area contributed by atoms with Gasteiger partial charge in [-0.25, -0.2) is 13.1 Å². The van der Waals surface area contributed by atoms with Crippen LogP contribution < -0.4 is 10.5 Å². The summed E-state index contributed by atoms with van der Waals surface area (Å²) in [7, 11) is -3.45. The molecule has 2 rings (SSSR count). The molecule has 108 valence electrons. The van der Waals surface area contributed by atoms with Crippen LogP contribution in [0, 0.1) is 5.92 Å². The highest BCUT2D eigenvalue weighted by atomic mass is 79.9. The monoisotopic (exact) mass is 368 g/mol. The maximum atomic E-state index is 12.1. The normalized spacial score (nSPS) is 20.0. The van der Waals surface area contributed by atoms with Gasteiger partial charge in [0.25, 0.3) is 0 Å². The van der Waals surface area contributed by atoms with E-state index in [0.29, 0.717) is 22.8 Å². The van der Waals surface area contributed by atoms with Gasteiger partial charge in [0.15, 0.2) is 0 Å². The highest BCUT2D eigenvalue weighted by molar-refractivity contribution is 9.11. The molecule has 8 heteroatoms. The standard InChI is InChI=1S/C11H17BrN2O3S2/c12-11-10(5-9(6-13)18-11)19(15,16)14-3-1-8-2-4-17-7-8/h5,8,14H,1-4,6-7,13H2. The number of thiophene rings is 1. The Kier molecular flexibility index (Phi) is 5.38. The highest BCUT2D eigenvalue weighted by Crippen LogP contribution is 2.31. The SMILES string of the molecule is NCc1cc(S(=O)(=O)NCCC2CCOC2)c(Br)s1. The Morgan fingerprint density at radius 3 is 2.95 bits per heavy atom. The van der Waals surface area contributed by atoms with E-state index in [2.05, 4.69) is 20.7 Å². The van der Waals surface area contributed by atoms with Crippen molar-refractivity contribution in [3.05, 3.63) is 14.7 Å². The maximum absolute atomic E-state index is 12.1. The van der Waals surface area contributed by atoms with Gasteiger partial charge in [-0.3, -0.25) is 0 Å². The summed E-state index contributed by atoms with van der Waals surface area (Å²) in [6.45, 7) is 2.31. The molecule has 0 aromatic carbocycles. The minimum absolute atomic E-state index is 0.278. The van der Waals surface area contributed by atoms with Crippen LogP contribution in [0.25, 0.3) is 0 Å². The molecule has 1 atom stereocenters. The van der Waals surface area contributed by atoms with E-state index >= 15 is 0 Å². The molecule has 1 aliphatic heterocycles. The van der Waals surface area contributed by atoms with Crippen molar-refractivity contribution in [2.24, 2.45) is 11.7 Å². The number of sulfonamides is 1. The number of halogens is 1. The van der Waals surface area contributed by atoms with Gasteiger partial charge < -0.3 is 10.5 Å². The van der Waals surface area contributed by atoms with Crippen molar-refractivity contribution < 1.29 is 13.2 Å². The second-order valence-corrected chi connectivity index (χ2v) is 8.66. The molecule has 19 heavy (non-hydrogen) atoms. The van der Waals surface area contributed by atoms with Gasteiger partial charge in [0, 0.05) is 31.2 Å². The van der Waals surface area contributed by atoms with Gasteiger partial charge in [-0.15, -0.1) is 11.3 Å². The van der Waals surface area contributed by atoms with Crippen LogP contribution in [-0.2, 0) is 21.3 Å². The van der Waals surface area contributed by atoms with Gasteiger partial charge in [0.1, 0.15) is 4.90 Å². The van der Waals surface area contributed by atoms with Crippen LogP contribution in [0.1, 0.15) is 17.7 Å². The van der Waals surface area contributed by atoms with Crippen LogP contribution in [0.2, 0.25) is 0 Å². The summed E-state index contributed by atoms with van der Waals surface area (Å²) in [5, 5.41) is 0. The molecular weight excluding hydrogens is 352 g/mol. The summed E-state index contributed by atoms with van der Waals surface area (Å²) in [5.41, 5.74) is 5.52. The van der Waals surface area contributed by atoms with Gasteiger partial charge in [0.05, 0.1) is 3.79 Å². The predicted octanol–water partition coefficient (Wildman–Crippen LogP) is 1.67. The first kappa shape index (κ1) is 15.4. The fourth-order valence-corrected chi connectivity index (χ4v) is 5.57. The molecule has 1 aliphatic rings. The Labute approximate surface area is 125 Å². The zero-order chi connectivity index (χ0) is 13.9. The van der Waals surface area contributed by atoms with Crippen molar-refractivity contribution >= 4 is 37.3 Å². The summed E-state index contributed by atoms with van der Waals surface area (Å²) >= 11 is 4.63. The molecule has 0 saturated carbocycles. The summed E-state index contributed by atoms with van der Waals surface area (Å²) in [5.74, 6) is 0.466. The molecule has 0 radical (unpaired) electrons. The van der Waals surface area contributed by atoms with Crippen LogP contribution in [0.4, 0.5) is 0 Å². The van der Waals surface area contributed by atoms with Crippen LogP contribution in [0.15, 0.2) is 14.7 Å². The zero-order valence-corrected chi connectivity index (χ0v) is 13.6. The largest absolute Gasteiger partial charge is 0.381 e. The molecule has 1 unspecified atom stereocenters. The average molecular weight is 369 g/mol. The van der Waals surface area contributed by atoms with E-state index in [4.69, 9.17) is 10.5 Å². The average Bonchev–Trinajstić information content (AvgIpc) is 2.98. The van der Waals surface area contributed by atoms with E-state index in [1.807, 2.05) is 0 Å². The molecule has 1 aromatic heterocycles. The Morgan fingerprint density at radius 2 is 2.37 bits per heavy atom. The second-order valence-electron chi connectivity index (χ2n) is 4.47. The number of hydrogen-bond donors (Lipinski definition) is 2. The van der Waals surface area contributed by atoms with E-state index < -0.39 is 10.0 Å². The molecule has 0 amide bonds. The Hall–Kier alpha value is 0.01000. The van der Waals surface area contributed by atoms with E-state index in [1.165, 1.54) is 11.3 Å². The first-order valence-electron chi connectivity index (χ1n) is 6.08. The molecule has 1 saturated heterocycles. The molecule has 0 aliphatic carbocycles. The number of rotatable bonds is 6. The fraction of sp³-hybridized carbons (Fsp3) is 0.636. The van der Waals surface area contributed by atoms with Crippen LogP contribution in [0.3, 0.4) is 0 Å². The van der Waals surface area contributed by atoms with Gasteiger partial charge in [-0.1, -0.05) is 0 Å². The van der Waals surface area contributed by atoms with E-state index in [0.717, 1.165) is 30.9 Å². The number of nitrogens with two attached hydrogens (primary N) is 1. The first-order valence-corrected chi connectivity index (χ1v) is 9.18. The fourth-order valence-electron chi connectivity index (χ4n) is 1.97. The van der Waals surface area contributed by atoms with Crippen molar-refractivity contribution in [1.29, 1.82) is 0 Å². The van der Waals surface area contributed by atoms with E-state index in [-0.39, 0.29) is 4.90 Å². The molecule has 1 fully saturated rings. The van der Waals surface area contributed by atoms with Crippen molar-refractivity contribution in [3.63, 3.8) is 0 Å². The molecule has 3 N–H and O–H groups in total. The van der Waals surface area contributed by atoms with E-state index in [1.54, 1.807) is 6.07 Å². The molecule has 2 heterocycles. The van der Waals surface area contributed by atoms with Crippen molar-refractivity contribution in [3.8, 4) is 0 Å². The van der Waals surface area contributed by atoms with Crippen LogP contribution in [0.5, 0.6) is 0 Å². The third-order valence-electron chi connectivity index (χ3n) is 3.07. The van der Waals surface area contributed by atoms with Crippen molar-refractivity contribution in [2.45, 2.75) is 24.3 Å². The molecular formula is C11H17BrN2O3S2. The minimum Gasteiger partial charge on any atom is -0.381 e. The van der Waals surface area contributed by atoms with E-state index in [9.17, 15) is 8.42 Å². The first-order chi connectivity index (χ1) is 9.03. The lowest BCUT2D eigenvalue weighted by atomic mass is 10.1. The summed E-state index contributed by atoms with van der Waals surface area (Å²) in [4.78, 5) is 1.12. The van der Waals surface area contributed by atoms with Crippen LogP contribution >= 0.6 is 27.3 Å². The molecule has 0 bridgehead atoms. The predicted molar refractivity (Wildman–Crippen MR) is 78.6 cm³/mol. The third-order valence-corrected chi connectivity index (χ3v) is 6.80. The Bertz CT molecular complexity index is 524. The van der Waals surface area contributed by atoms with Gasteiger partial charge in [-0.05, 0) is 40.8 Å². The minimum atomic E-state index is -3.45. The van der Waals surface area contributed by atoms with Crippen LogP contribution in [-0.4, -0.2) is 28.2 Å². The summed E-state index contributed by atoms with van der Waals surface area (Å²) in [6.07, 6.45) is 1.83. The number of hydrogen-bond acceptors (Lipinski definition) is 5. The highest BCUT2D eigenvalue weighted by Gasteiger charge is 2.21. The maximum Gasteiger partial charge on any atom is 0.242 e. The van der Waals surface area contributed by atoms with Gasteiger partial charge in [-0.2, -0.15) is 0 Å². The topological polar surface area (TPSA) is 81.4 Å². The van der Waals surface area contributed by atoms with Gasteiger partial charge in [0.2, 0.25) is 10.0 Å². The lowest BCUT2D eigenvalue weighted by Crippen LogP contribution is -2.26. The molecule has 1 aromatic rings. The lowest BCUT2D eigenvalue weighted by molar-refractivity contribution is 0.184. The molecule has 0 spiro atoms. The Balaban J connectivity index is 1.95. The third kappa shape index (κ3) is 3.99. The van der Waals surface area contributed by atoms with Gasteiger partial charge >= 0.3 is 0 Å². The molecule has 5 nitrogen and oxygen atoms in total. The summed E-state index contributed by atoms with van der Waals surface area (Å²) in [6, 6.07) is 1.62. The van der Waals surface area contributed by atoms with Crippen molar-refractivity contribution in [1.82, 2.24) is 4.72 Å². The van der Waals surface area contributed by atoms with Crippen molar-refractivity contribution in [2.75, 3.05) is 19.8 Å². The smallest absolute Gasteiger partial charge is 0.242 e. The second kappa shape index (κ2) is 6.64. The number of nitrogens with one attached hydrogen (secondary N) is 1. The lowest BCUT2D eigenvalue weighted by Gasteiger charge is -2.09.